The summed E-state index contributed by atoms with van der Waals surface area (Å²) in [5.74, 6) is -1.33. The second-order valence-electron chi connectivity index (χ2n) is 6.16. The van der Waals surface area contributed by atoms with E-state index in [0.717, 1.165) is 5.39 Å². The summed E-state index contributed by atoms with van der Waals surface area (Å²) in [6, 6.07) is 11.0. The van der Waals surface area contributed by atoms with Crippen LogP contribution in [0.4, 0.5) is 10.1 Å². The first-order valence-electron chi connectivity index (χ1n) is 8.83. The molecule has 7 heteroatoms. The molecule has 0 radical (unpaired) electrons. The maximum Gasteiger partial charge on any atom is 0.375 e. The summed E-state index contributed by atoms with van der Waals surface area (Å²) in [6.07, 6.45) is -1.14. The molecule has 0 saturated heterocycles. The van der Waals surface area contributed by atoms with Gasteiger partial charge in [0.15, 0.2) is 6.10 Å². The lowest BCUT2D eigenvalue weighted by Gasteiger charge is -2.13. The van der Waals surface area contributed by atoms with Gasteiger partial charge in [-0.3, -0.25) is 4.79 Å². The van der Waals surface area contributed by atoms with Crippen molar-refractivity contribution in [2.45, 2.75) is 26.9 Å². The Morgan fingerprint density at radius 3 is 2.68 bits per heavy atom. The van der Waals surface area contributed by atoms with Crippen LogP contribution in [0.2, 0.25) is 0 Å². The van der Waals surface area contributed by atoms with Crippen molar-refractivity contribution in [2.24, 2.45) is 0 Å². The minimum atomic E-state index is -1.14. The topological polar surface area (TPSA) is 77.8 Å². The Morgan fingerprint density at radius 2 is 1.96 bits per heavy atom. The first-order valence-corrected chi connectivity index (χ1v) is 8.83. The van der Waals surface area contributed by atoms with Crippen molar-refractivity contribution in [3.05, 3.63) is 59.6 Å². The molecule has 1 N–H and O–H groups in total. The number of ether oxygens (including phenoxy) is 2. The number of fused-ring (bicyclic) bond motifs is 1. The zero-order chi connectivity index (χ0) is 20.3. The van der Waals surface area contributed by atoms with Crippen LogP contribution in [0.3, 0.4) is 0 Å². The fraction of sp³-hybridized carbons (Fsp3) is 0.238. The Kier molecular flexibility index (Phi) is 5.63. The molecule has 6 nitrogen and oxygen atoms in total. The summed E-state index contributed by atoms with van der Waals surface area (Å²) in [7, 11) is 0. The van der Waals surface area contributed by atoms with E-state index in [9.17, 15) is 14.0 Å². The molecular formula is C21H20FNO5. The number of nitrogens with one attached hydrogen (secondary N) is 1. The van der Waals surface area contributed by atoms with Crippen molar-refractivity contribution in [3.8, 4) is 5.75 Å². The first-order chi connectivity index (χ1) is 13.4. The number of esters is 1. The lowest BCUT2D eigenvalue weighted by molar-refractivity contribution is -0.123. The molecule has 1 atom stereocenters. The summed E-state index contributed by atoms with van der Waals surface area (Å²) in [5.41, 5.74) is 1.11. The Morgan fingerprint density at radius 1 is 1.21 bits per heavy atom. The van der Waals surface area contributed by atoms with Gasteiger partial charge in [-0.2, -0.15) is 0 Å². The van der Waals surface area contributed by atoms with Crippen molar-refractivity contribution >= 4 is 28.5 Å². The number of carbonyl (C=O) groups is 2. The van der Waals surface area contributed by atoms with E-state index in [-0.39, 0.29) is 11.4 Å². The van der Waals surface area contributed by atoms with E-state index in [1.165, 1.54) is 25.1 Å². The molecule has 146 valence electrons. The van der Waals surface area contributed by atoms with Crippen molar-refractivity contribution in [2.75, 3.05) is 11.9 Å². The molecule has 2 aromatic carbocycles. The SMILES string of the molecule is CCOc1ccc2oc(C(=O)O[C@H](C)C(=O)Nc3ccccc3F)c(C)c2c1. The van der Waals surface area contributed by atoms with Crippen LogP contribution in [0.25, 0.3) is 11.0 Å². The average Bonchev–Trinajstić information content (AvgIpc) is 3.00. The molecule has 0 fully saturated rings. The van der Waals surface area contributed by atoms with Crippen LogP contribution < -0.4 is 10.1 Å². The molecule has 1 heterocycles. The molecule has 3 aromatic rings. The molecule has 0 spiro atoms. The van der Waals surface area contributed by atoms with Crippen molar-refractivity contribution in [1.29, 1.82) is 0 Å². The van der Waals surface area contributed by atoms with Gasteiger partial charge in [0.2, 0.25) is 5.76 Å². The monoisotopic (exact) mass is 385 g/mol. The van der Waals surface area contributed by atoms with Gasteiger partial charge >= 0.3 is 5.97 Å². The van der Waals surface area contributed by atoms with Gasteiger partial charge in [0.25, 0.3) is 5.91 Å². The van der Waals surface area contributed by atoms with Gasteiger partial charge in [-0.15, -0.1) is 0 Å². The van der Waals surface area contributed by atoms with Crippen molar-refractivity contribution in [3.63, 3.8) is 0 Å². The molecule has 0 aliphatic carbocycles. The van der Waals surface area contributed by atoms with Crippen LogP contribution >= 0.6 is 0 Å². The number of para-hydroxylation sites is 1. The molecule has 0 unspecified atom stereocenters. The first kappa shape index (κ1) is 19.4. The van der Waals surface area contributed by atoms with Crippen LogP contribution in [-0.4, -0.2) is 24.6 Å². The smallest absolute Gasteiger partial charge is 0.375 e. The molecule has 3 rings (SSSR count). The van der Waals surface area contributed by atoms with Gasteiger partial charge in [-0.1, -0.05) is 12.1 Å². The second kappa shape index (κ2) is 8.12. The van der Waals surface area contributed by atoms with E-state index in [0.29, 0.717) is 23.5 Å². The molecule has 1 amide bonds. The third kappa shape index (κ3) is 3.98. The number of anilines is 1. The standard InChI is InChI=1S/C21H20FNO5/c1-4-26-14-9-10-18-15(11-14)12(2)19(28-18)21(25)27-13(3)20(24)23-17-8-6-5-7-16(17)22/h5-11,13H,4H2,1-3H3,(H,23,24)/t13-/m1/s1. The van der Waals surface area contributed by atoms with Crippen LogP contribution in [0.15, 0.2) is 46.9 Å². The highest BCUT2D eigenvalue weighted by atomic mass is 19.1. The van der Waals surface area contributed by atoms with Crippen molar-refractivity contribution in [1.82, 2.24) is 0 Å². The highest BCUT2D eigenvalue weighted by Gasteiger charge is 2.25. The third-order valence-corrected chi connectivity index (χ3v) is 4.19. The number of hydrogen-bond acceptors (Lipinski definition) is 5. The van der Waals surface area contributed by atoms with Crippen LogP contribution in [-0.2, 0) is 9.53 Å². The Bertz CT molecular complexity index is 1030. The van der Waals surface area contributed by atoms with E-state index < -0.39 is 23.8 Å². The van der Waals surface area contributed by atoms with Gasteiger partial charge in [-0.25, -0.2) is 9.18 Å². The van der Waals surface area contributed by atoms with Gasteiger partial charge in [0.05, 0.1) is 12.3 Å². The number of carbonyl (C=O) groups excluding carboxylic acids is 2. The number of hydrogen-bond donors (Lipinski definition) is 1. The summed E-state index contributed by atoms with van der Waals surface area (Å²) >= 11 is 0. The highest BCUT2D eigenvalue weighted by Crippen LogP contribution is 2.29. The molecule has 0 aliphatic rings. The minimum absolute atomic E-state index is 0.00851. The van der Waals surface area contributed by atoms with Crippen LogP contribution in [0.1, 0.15) is 30.0 Å². The lowest BCUT2D eigenvalue weighted by Crippen LogP contribution is -2.30. The maximum absolute atomic E-state index is 13.7. The van der Waals surface area contributed by atoms with Gasteiger partial charge < -0.3 is 19.2 Å². The summed E-state index contributed by atoms with van der Waals surface area (Å²) in [6.45, 7) is 5.52. The number of benzene rings is 2. The Hall–Kier alpha value is -3.35. The number of rotatable bonds is 6. The van der Waals surface area contributed by atoms with Crippen LogP contribution in [0, 0.1) is 12.7 Å². The normalized spacial score (nSPS) is 11.9. The Labute approximate surface area is 161 Å². The van der Waals surface area contributed by atoms with E-state index in [1.807, 2.05) is 6.92 Å². The van der Waals surface area contributed by atoms with Crippen LogP contribution in [0.5, 0.6) is 5.75 Å². The zero-order valence-corrected chi connectivity index (χ0v) is 15.7. The number of furan rings is 1. The molecule has 1 aromatic heterocycles. The maximum atomic E-state index is 13.7. The van der Waals surface area contributed by atoms with Gasteiger partial charge in [-0.05, 0) is 51.1 Å². The molecule has 0 aliphatic heterocycles. The predicted molar refractivity (Wildman–Crippen MR) is 102 cm³/mol. The highest BCUT2D eigenvalue weighted by molar-refractivity contribution is 5.99. The molecule has 28 heavy (non-hydrogen) atoms. The quantitative estimate of drug-likeness (QED) is 0.634. The van der Waals surface area contributed by atoms with E-state index in [4.69, 9.17) is 13.9 Å². The average molecular weight is 385 g/mol. The Balaban J connectivity index is 1.74. The second-order valence-corrected chi connectivity index (χ2v) is 6.16. The minimum Gasteiger partial charge on any atom is -0.494 e. The summed E-state index contributed by atoms with van der Waals surface area (Å²) < 4.78 is 29.9. The van der Waals surface area contributed by atoms with E-state index >= 15 is 0 Å². The molecular weight excluding hydrogens is 365 g/mol. The fourth-order valence-electron chi connectivity index (χ4n) is 2.72. The molecule has 0 saturated carbocycles. The fourth-order valence-corrected chi connectivity index (χ4v) is 2.72. The summed E-state index contributed by atoms with van der Waals surface area (Å²) in [4.78, 5) is 24.7. The van der Waals surface area contributed by atoms with Crippen molar-refractivity contribution < 1.29 is 27.9 Å². The van der Waals surface area contributed by atoms with Gasteiger partial charge in [0, 0.05) is 10.9 Å². The summed E-state index contributed by atoms with van der Waals surface area (Å²) in [5, 5.41) is 3.11. The lowest BCUT2D eigenvalue weighted by atomic mass is 10.1. The zero-order valence-electron chi connectivity index (χ0n) is 15.7. The number of amides is 1. The van der Waals surface area contributed by atoms with E-state index in [2.05, 4.69) is 5.32 Å². The number of halogens is 1. The largest absolute Gasteiger partial charge is 0.494 e. The molecule has 0 bridgehead atoms. The van der Waals surface area contributed by atoms with E-state index in [1.54, 1.807) is 31.2 Å². The van der Waals surface area contributed by atoms with Gasteiger partial charge in [0.1, 0.15) is 17.1 Å². The number of aryl methyl sites for hydroxylation is 1. The third-order valence-electron chi connectivity index (χ3n) is 4.19. The predicted octanol–water partition coefficient (Wildman–Crippen LogP) is 4.46.